The Hall–Kier alpha value is -2.86. The fourth-order valence-corrected chi connectivity index (χ4v) is 3.70. The van der Waals surface area contributed by atoms with Gasteiger partial charge in [-0.25, -0.2) is 0 Å². The third kappa shape index (κ3) is 3.41. The van der Waals surface area contributed by atoms with Crippen LogP contribution < -0.4 is 15.8 Å². The maximum Gasteiger partial charge on any atom is 0.251 e. The van der Waals surface area contributed by atoms with Crippen LogP contribution in [0.3, 0.4) is 0 Å². The summed E-state index contributed by atoms with van der Waals surface area (Å²) >= 11 is 0. The number of carbonyl (C=O) groups excluding carboxylic acids is 2. The van der Waals surface area contributed by atoms with Crippen LogP contribution in [0.25, 0.3) is 0 Å². The Balaban J connectivity index is 1.37. The lowest BCUT2D eigenvalue weighted by Gasteiger charge is -2.23. The Morgan fingerprint density at radius 3 is 2.08 bits per heavy atom. The highest BCUT2D eigenvalue weighted by molar-refractivity contribution is 5.94. The van der Waals surface area contributed by atoms with Crippen LogP contribution in [0.15, 0.2) is 48.5 Å². The lowest BCUT2D eigenvalue weighted by molar-refractivity contribution is 0.0923. The summed E-state index contributed by atoms with van der Waals surface area (Å²) < 4.78 is 5.73. The molecule has 0 spiro atoms. The van der Waals surface area contributed by atoms with Crippen LogP contribution in [0.5, 0.6) is 11.5 Å². The molecule has 26 heavy (non-hydrogen) atoms. The predicted molar refractivity (Wildman–Crippen MR) is 97.3 cm³/mol. The van der Waals surface area contributed by atoms with Crippen LogP contribution >= 0.6 is 0 Å². The van der Waals surface area contributed by atoms with E-state index in [9.17, 15) is 9.59 Å². The second kappa shape index (κ2) is 6.80. The Morgan fingerprint density at radius 1 is 0.962 bits per heavy atom. The molecule has 4 rings (SSSR count). The van der Waals surface area contributed by atoms with Crippen molar-refractivity contribution in [2.45, 2.75) is 12.5 Å². The van der Waals surface area contributed by atoms with Crippen molar-refractivity contribution in [1.29, 1.82) is 0 Å². The lowest BCUT2D eigenvalue weighted by atomic mass is 9.99. The molecule has 3 unspecified atom stereocenters. The minimum Gasteiger partial charge on any atom is -0.457 e. The van der Waals surface area contributed by atoms with E-state index in [1.54, 1.807) is 48.5 Å². The van der Waals surface area contributed by atoms with Gasteiger partial charge in [-0.15, -0.1) is 0 Å². The van der Waals surface area contributed by atoms with Crippen molar-refractivity contribution in [3.8, 4) is 11.5 Å². The van der Waals surface area contributed by atoms with Gasteiger partial charge in [-0.05, 0) is 67.4 Å². The normalized spacial score (nSPS) is 23.6. The van der Waals surface area contributed by atoms with Crippen molar-refractivity contribution >= 4 is 11.8 Å². The predicted octanol–water partition coefficient (Wildman–Crippen LogP) is 2.01. The van der Waals surface area contributed by atoms with Gasteiger partial charge in [-0.2, -0.15) is 0 Å². The first kappa shape index (κ1) is 16.6. The topological polar surface area (TPSA) is 84.7 Å². The molecule has 0 aromatic heterocycles. The molecular formula is C20H21N3O3. The molecule has 2 aromatic rings. The number of amides is 2. The number of nitrogens with two attached hydrogens (primary N) is 1. The zero-order valence-electron chi connectivity index (χ0n) is 14.4. The van der Waals surface area contributed by atoms with Crippen molar-refractivity contribution in [3.05, 3.63) is 59.7 Å². The van der Waals surface area contributed by atoms with Gasteiger partial charge in [0.1, 0.15) is 11.5 Å². The van der Waals surface area contributed by atoms with Gasteiger partial charge in [0.2, 0.25) is 5.91 Å². The third-order valence-corrected chi connectivity index (χ3v) is 5.14. The monoisotopic (exact) mass is 351 g/mol. The smallest absolute Gasteiger partial charge is 0.251 e. The molecule has 2 saturated heterocycles. The molecule has 0 aliphatic carbocycles. The van der Waals surface area contributed by atoms with Crippen LogP contribution in [0.2, 0.25) is 0 Å². The molecule has 2 amide bonds. The number of benzene rings is 2. The summed E-state index contributed by atoms with van der Waals surface area (Å²) in [5.74, 6) is 1.30. The average molecular weight is 351 g/mol. The zero-order chi connectivity index (χ0) is 18.1. The summed E-state index contributed by atoms with van der Waals surface area (Å²) in [6.45, 7) is 3.22. The van der Waals surface area contributed by atoms with E-state index in [2.05, 4.69) is 10.2 Å². The van der Waals surface area contributed by atoms with Gasteiger partial charge >= 0.3 is 0 Å². The molecule has 3 atom stereocenters. The maximum atomic E-state index is 12.4. The number of hydrogen-bond donors (Lipinski definition) is 2. The maximum absolute atomic E-state index is 12.4. The van der Waals surface area contributed by atoms with E-state index in [1.165, 1.54) is 6.42 Å². The lowest BCUT2D eigenvalue weighted by Crippen LogP contribution is -2.43. The summed E-state index contributed by atoms with van der Waals surface area (Å²) in [4.78, 5) is 25.9. The molecule has 2 bridgehead atoms. The molecule has 134 valence electrons. The largest absolute Gasteiger partial charge is 0.457 e. The van der Waals surface area contributed by atoms with Gasteiger partial charge in [0.05, 0.1) is 0 Å². The zero-order valence-corrected chi connectivity index (χ0v) is 14.4. The molecular weight excluding hydrogens is 330 g/mol. The minimum atomic E-state index is -0.473. The fourth-order valence-electron chi connectivity index (χ4n) is 3.70. The van der Waals surface area contributed by atoms with Crippen molar-refractivity contribution < 1.29 is 14.3 Å². The highest BCUT2D eigenvalue weighted by atomic mass is 16.5. The standard InChI is InChI=1S/C20H21N3O3/c21-19(24)13-1-5-16(6-2-13)26-17-7-3-14(4-8-17)20(25)22-18-12-23-10-9-15(18)11-23/h1-8,15,18H,9-12H2,(H2,21,24)(H,22,25). The van der Waals surface area contributed by atoms with Gasteiger partial charge in [-0.3, -0.25) is 9.59 Å². The fraction of sp³-hybridized carbons (Fsp3) is 0.300. The van der Waals surface area contributed by atoms with E-state index in [0.717, 1.165) is 19.6 Å². The SMILES string of the molecule is NC(=O)c1ccc(Oc2ccc(C(=O)NC3CN4CCC3C4)cc2)cc1. The van der Waals surface area contributed by atoms with Gasteiger partial charge in [-0.1, -0.05) is 0 Å². The third-order valence-electron chi connectivity index (χ3n) is 5.14. The minimum absolute atomic E-state index is 0.0406. The van der Waals surface area contributed by atoms with Crippen LogP contribution in [-0.2, 0) is 0 Å². The molecule has 3 N–H and O–H groups in total. The number of nitrogens with zero attached hydrogens (tertiary/aromatic N) is 1. The second-order valence-corrected chi connectivity index (χ2v) is 6.90. The number of hydrogen-bond acceptors (Lipinski definition) is 4. The van der Waals surface area contributed by atoms with Gasteiger partial charge in [0, 0.05) is 30.3 Å². The van der Waals surface area contributed by atoms with Crippen LogP contribution in [0, 0.1) is 5.92 Å². The number of nitrogens with one attached hydrogen (secondary N) is 1. The summed E-state index contributed by atoms with van der Waals surface area (Å²) in [5.41, 5.74) is 6.28. The second-order valence-electron chi connectivity index (χ2n) is 6.90. The van der Waals surface area contributed by atoms with E-state index >= 15 is 0 Å². The molecule has 6 heteroatoms. The number of carbonyl (C=O) groups is 2. The van der Waals surface area contributed by atoms with E-state index in [-0.39, 0.29) is 11.9 Å². The van der Waals surface area contributed by atoms with E-state index in [1.807, 2.05) is 0 Å². The molecule has 2 aliphatic rings. The van der Waals surface area contributed by atoms with Crippen LogP contribution in [0.4, 0.5) is 0 Å². The van der Waals surface area contributed by atoms with Crippen molar-refractivity contribution in [2.75, 3.05) is 19.6 Å². The number of rotatable bonds is 5. The van der Waals surface area contributed by atoms with Gasteiger partial charge in [0.15, 0.2) is 0 Å². The molecule has 6 nitrogen and oxygen atoms in total. The summed E-state index contributed by atoms with van der Waals surface area (Å²) in [6.07, 6.45) is 1.17. The quantitative estimate of drug-likeness (QED) is 0.863. The highest BCUT2D eigenvalue weighted by Gasteiger charge is 2.38. The van der Waals surface area contributed by atoms with Gasteiger partial charge in [0.25, 0.3) is 5.91 Å². The van der Waals surface area contributed by atoms with Crippen molar-refractivity contribution in [2.24, 2.45) is 11.7 Å². The Kier molecular flexibility index (Phi) is 4.34. The Labute approximate surface area is 151 Å². The van der Waals surface area contributed by atoms with E-state index in [0.29, 0.717) is 28.5 Å². The van der Waals surface area contributed by atoms with E-state index in [4.69, 9.17) is 10.5 Å². The van der Waals surface area contributed by atoms with Crippen molar-refractivity contribution in [3.63, 3.8) is 0 Å². The first-order valence-corrected chi connectivity index (χ1v) is 8.79. The number of piperidine rings is 1. The van der Waals surface area contributed by atoms with Gasteiger partial charge < -0.3 is 20.7 Å². The highest BCUT2D eigenvalue weighted by Crippen LogP contribution is 2.28. The summed E-state index contributed by atoms with van der Waals surface area (Å²) in [7, 11) is 0. The molecule has 2 heterocycles. The van der Waals surface area contributed by atoms with Crippen molar-refractivity contribution in [1.82, 2.24) is 10.2 Å². The molecule has 0 radical (unpaired) electrons. The Bertz CT molecular complexity index is 817. The van der Waals surface area contributed by atoms with Crippen LogP contribution in [0.1, 0.15) is 27.1 Å². The van der Waals surface area contributed by atoms with Crippen LogP contribution in [-0.4, -0.2) is 42.4 Å². The average Bonchev–Trinajstić information content (AvgIpc) is 3.26. The molecule has 2 aromatic carbocycles. The first-order valence-electron chi connectivity index (χ1n) is 8.79. The summed E-state index contributed by atoms with van der Waals surface area (Å²) in [5, 5.41) is 3.15. The molecule has 2 fully saturated rings. The number of fused-ring (bicyclic) bond motifs is 2. The first-order chi connectivity index (χ1) is 12.6. The molecule has 0 saturated carbocycles. The number of primary amides is 1. The Morgan fingerprint density at radius 2 is 1.58 bits per heavy atom. The molecule has 2 aliphatic heterocycles. The van der Waals surface area contributed by atoms with E-state index < -0.39 is 5.91 Å². The number of ether oxygens (including phenoxy) is 1. The summed E-state index contributed by atoms with van der Waals surface area (Å²) in [6, 6.07) is 13.9.